The molecule has 0 radical (unpaired) electrons. The van der Waals surface area contributed by atoms with E-state index in [1.54, 1.807) is 18.3 Å². The summed E-state index contributed by atoms with van der Waals surface area (Å²) in [5, 5.41) is 6.16. The van der Waals surface area contributed by atoms with Crippen LogP contribution in [0.5, 0.6) is 0 Å². The molecule has 166 valence electrons. The number of rotatable bonds is 2. The Kier molecular flexibility index (Phi) is 6.01. The first kappa shape index (κ1) is 21.7. The fourth-order valence-electron chi connectivity index (χ4n) is 3.20. The molecule has 1 aromatic heterocycles. The van der Waals surface area contributed by atoms with Crippen LogP contribution in [-0.2, 0) is 14.8 Å². The Morgan fingerprint density at radius 2 is 2.00 bits per heavy atom. The number of fused-ring (bicyclic) bond motifs is 4. The van der Waals surface area contributed by atoms with E-state index in [0.29, 0.717) is 35.6 Å². The van der Waals surface area contributed by atoms with Crippen molar-refractivity contribution in [3.63, 3.8) is 0 Å². The number of ether oxygens (including phenoxy) is 1. The van der Waals surface area contributed by atoms with Gasteiger partial charge >= 0.3 is 5.97 Å². The summed E-state index contributed by atoms with van der Waals surface area (Å²) in [4.78, 5) is 20.8. The molecule has 1 aliphatic rings. The zero-order chi connectivity index (χ0) is 22.7. The number of hydrogen-bond acceptors (Lipinski definition) is 8. The molecule has 2 heterocycles. The smallest absolute Gasteiger partial charge is 0.340 e. The van der Waals surface area contributed by atoms with Gasteiger partial charge in [-0.25, -0.2) is 27.3 Å². The van der Waals surface area contributed by atoms with E-state index in [1.165, 1.54) is 37.4 Å². The van der Waals surface area contributed by atoms with E-state index in [1.807, 2.05) is 0 Å². The first-order valence-corrected chi connectivity index (χ1v) is 11.2. The van der Waals surface area contributed by atoms with E-state index in [4.69, 9.17) is 0 Å². The van der Waals surface area contributed by atoms with Gasteiger partial charge in [-0.05, 0) is 42.3 Å². The van der Waals surface area contributed by atoms with E-state index in [2.05, 4.69) is 30.1 Å². The quantitative estimate of drug-likeness (QED) is 0.502. The first-order valence-electron chi connectivity index (χ1n) is 9.73. The first-order chi connectivity index (χ1) is 15.4. The molecule has 32 heavy (non-hydrogen) atoms. The third-order valence-electron chi connectivity index (χ3n) is 4.81. The van der Waals surface area contributed by atoms with Crippen molar-refractivity contribution < 1.29 is 22.3 Å². The Morgan fingerprint density at radius 1 is 1.16 bits per heavy atom. The highest BCUT2D eigenvalue weighted by Gasteiger charge is 2.18. The number of sulfonamides is 1. The zero-order valence-electron chi connectivity index (χ0n) is 17.1. The molecule has 0 aliphatic carbocycles. The summed E-state index contributed by atoms with van der Waals surface area (Å²) >= 11 is 0. The van der Waals surface area contributed by atoms with Crippen LogP contribution in [0.15, 0.2) is 53.6 Å². The van der Waals surface area contributed by atoms with Crippen molar-refractivity contribution in [3.05, 3.63) is 60.0 Å². The minimum atomic E-state index is -3.64. The van der Waals surface area contributed by atoms with Gasteiger partial charge in [-0.2, -0.15) is 4.98 Å². The molecule has 0 atom stereocenters. The summed E-state index contributed by atoms with van der Waals surface area (Å²) in [6.07, 6.45) is 2.03. The Morgan fingerprint density at radius 3 is 2.81 bits per heavy atom. The van der Waals surface area contributed by atoms with Gasteiger partial charge in [0.25, 0.3) is 0 Å². The van der Waals surface area contributed by atoms with E-state index in [-0.39, 0.29) is 23.0 Å². The molecule has 0 unspecified atom stereocenters. The highest BCUT2D eigenvalue weighted by molar-refractivity contribution is 7.89. The molecule has 9 nitrogen and oxygen atoms in total. The number of hydrogen-bond donors (Lipinski definition) is 3. The van der Waals surface area contributed by atoms with Crippen molar-refractivity contribution in [3.8, 4) is 11.1 Å². The number of nitrogens with zero attached hydrogens (tertiary/aromatic N) is 2. The number of benzene rings is 2. The van der Waals surface area contributed by atoms with Crippen LogP contribution in [0.25, 0.3) is 11.1 Å². The van der Waals surface area contributed by atoms with E-state index >= 15 is 0 Å². The molecular weight excluding hydrogens is 437 g/mol. The van der Waals surface area contributed by atoms with Crippen LogP contribution in [0.3, 0.4) is 0 Å². The van der Waals surface area contributed by atoms with Crippen LogP contribution in [0.1, 0.15) is 16.8 Å². The van der Waals surface area contributed by atoms with E-state index < -0.39 is 21.8 Å². The Balaban J connectivity index is 1.75. The van der Waals surface area contributed by atoms with Gasteiger partial charge in [0.1, 0.15) is 11.6 Å². The van der Waals surface area contributed by atoms with Gasteiger partial charge in [-0.1, -0.05) is 12.1 Å². The number of aromatic nitrogens is 2. The lowest BCUT2D eigenvalue weighted by Gasteiger charge is -2.14. The lowest BCUT2D eigenvalue weighted by Crippen LogP contribution is -2.26. The summed E-state index contributed by atoms with van der Waals surface area (Å²) in [5.74, 6) is -0.792. The Labute approximate surface area is 184 Å². The van der Waals surface area contributed by atoms with E-state index in [9.17, 15) is 17.6 Å². The summed E-state index contributed by atoms with van der Waals surface area (Å²) in [5.41, 5.74) is 1.37. The molecule has 0 fully saturated rings. The van der Waals surface area contributed by atoms with Crippen LogP contribution in [0, 0.1) is 5.82 Å². The number of halogens is 1. The number of carbonyl (C=O) groups excluding carboxylic acids is 1. The maximum atomic E-state index is 14.1. The third kappa shape index (κ3) is 4.53. The molecule has 3 N–H and O–H groups in total. The molecule has 0 spiro atoms. The van der Waals surface area contributed by atoms with Crippen LogP contribution in [0.2, 0.25) is 0 Å². The molecule has 0 saturated carbocycles. The topological polar surface area (TPSA) is 122 Å². The lowest BCUT2D eigenvalue weighted by atomic mass is 10.0. The molecule has 4 bridgehead atoms. The van der Waals surface area contributed by atoms with Gasteiger partial charge in [-0.3, -0.25) is 0 Å². The SMILES string of the molecule is COC(=O)c1cc(-c2cnc3nc2NCCCNS(=O)(=O)c2cccc(c2)N3)ccc1F. The fraction of sp³-hybridized carbons (Fsp3) is 0.190. The fourth-order valence-corrected chi connectivity index (χ4v) is 4.32. The number of esters is 1. The van der Waals surface area contributed by atoms with Gasteiger partial charge in [0.15, 0.2) is 0 Å². The van der Waals surface area contributed by atoms with E-state index in [0.717, 1.165) is 0 Å². The van der Waals surface area contributed by atoms with Crippen molar-refractivity contribution in [1.82, 2.24) is 14.7 Å². The summed E-state index contributed by atoms with van der Waals surface area (Å²) in [6, 6.07) is 10.4. The molecule has 2 aromatic carbocycles. The molecule has 1 aliphatic heterocycles. The van der Waals surface area contributed by atoms with Crippen molar-refractivity contribution in [2.24, 2.45) is 0 Å². The van der Waals surface area contributed by atoms with Gasteiger partial charge in [0.05, 0.1) is 17.6 Å². The van der Waals surface area contributed by atoms with Crippen molar-refractivity contribution in [2.45, 2.75) is 11.3 Å². The summed E-state index contributed by atoms with van der Waals surface area (Å²) < 4.78 is 46.2. The minimum absolute atomic E-state index is 0.133. The Hall–Kier alpha value is -3.57. The second-order valence-electron chi connectivity index (χ2n) is 6.97. The average Bonchev–Trinajstić information content (AvgIpc) is 2.79. The van der Waals surface area contributed by atoms with Crippen LogP contribution in [-0.4, -0.2) is 44.6 Å². The zero-order valence-corrected chi connectivity index (χ0v) is 17.9. The summed E-state index contributed by atoms with van der Waals surface area (Å²) in [6.45, 7) is 0.637. The highest BCUT2D eigenvalue weighted by Crippen LogP contribution is 2.29. The molecule has 0 amide bonds. The second-order valence-corrected chi connectivity index (χ2v) is 8.74. The highest BCUT2D eigenvalue weighted by atomic mass is 32.2. The predicted molar refractivity (Wildman–Crippen MR) is 117 cm³/mol. The largest absolute Gasteiger partial charge is 0.465 e. The minimum Gasteiger partial charge on any atom is -0.465 e. The van der Waals surface area contributed by atoms with Crippen molar-refractivity contribution in [2.75, 3.05) is 30.8 Å². The van der Waals surface area contributed by atoms with Crippen LogP contribution in [0.4, 0.5) is 21.8 Å². The molecular formula is C21H20FN5O4S. The maximum Gasteiger partial charge on any atom is 0.340 e. The molecule has 3 aromatic rings. The normalized spacial score (nSPS) is 15.2. The van der Waals surface area contributed by atoms with Crippen molar-refractivity contribution in [1.29, 1.82) is 0 Å². The van der Waals surface area contributed by atoms with Gasteiger partial charge in [0.2, 0.25) is 16.0 Å². The summed E-state index contributed by atoms with van der Waals surface area (Å²) in [7, 11) is -2.46. The average molecular weight is 457 g/mol. The van der Waals surface area contributed by atoms with Crippen LogP contribution >= 0.6 is 0 Å². The molecule has 11 heteroatoms. The molecule has 0 saturated heterocycles. The number of carbonyl (C=O) groups is 1. The number of methoxy groups -OCH3 is 1. The maximum absolute atomic E-state index is 14.1. The Bertz CT molecular complexity index is 1280. The predicted octanol–water partition coefficient (Wildman–Crippen LogP) is 2.91. The number of nitrogens with one attached hydrogen (secondary N) is 3. The van der Waals surface area contributed by atoms with Crippen LogP contribution < -0.4 is 15.4 Å². The van der Waals surface area contributed by atoms with Crippen molar-refractivity contribution >= 4 is 33.4 Å². The third-order valence-corrected chi connectivity index (χ3v) is 6.27. The van der Waals surface area contributed by atoms with Gasteiger partial charge in [-0.15, -0.1) is 0 Å². The molecule has 4 rings (SSSR count). The monoisotopic (exact) mass is 457 g/mol. The van der Waals surface area contributed by atoms with Gasteiger partial charge in [0, 0.05) is 30.5 Å². The standard InChI is InChI=1S/C21H20FN5O4S/c1-31-20(28)16-10-13(6-7-18(16)22)17-12-24-21-26-14-4-2-5-15(11-14)32(29,30)25-9-3-8-23-19(17)27-21/h2,4-7,10-12,25H,3,8-9H2,1H3,(H2,23,24,26,27). The second kappa shape index (κ2) is 8.89. The number of anilines is 3. The van der Waals surface area contributed by atoms with Gasteiger partial charge < -0.3 is 15.4 Å². The lowest BCUT2D eigenvalue weighted by molar-refractivity contribution is 0.0595.